The Hall–Kier alpha value is -2.38. The summed E-state index contributed by atoms with van der Waals surface area (Å²) in [5.41, 5.74) is 5.86. The molecule has 3 N–H and O–H groups in total. The van der Waals surface area contributed by atoms with Crippen molar-refractivity contribution in [3.8, 4) is 11.3 Å². The molecule has 3 atom stereocenters. The van der Waals surface area contributed by atoms with Crippen molar-refractivity contribution in [2.75, 3.05) is 5.73 Å². The molecule has 120 valence electrons. The number of nitrogens with two attached hydrogens (primary N) is 1. The van der Waals surface area contributed by atoms with E-state index in [-0.39, 0.29) is 17.3 Å². The average Bonchev–Trinajstić information content (AvgIpc) is 2.87. The third-order valence-corrected chi connectivity index (χ3v) is 4.73. The summed E-state index contributed by atoms with van der Waals surface area (Å²) in [5.74, 6) is 0.704. The lowest BCUT2D eigenvalue weighted by Crippen LogP contribution is -2.10. The highest BCUT2D eigenvalue weighted by atomic mass is 19.4. The molecular weight excluding hydrogens is 309 g/mol. The predicted octanol–water partition coefficient (Wildman–Crippen LogP) is 2.77. The van der Waals surface area contributed by atoms with Crippen LogP contribution in [-0.4, -0.2) is 21.0 Å². The fourth-order valence-corrected chi connectivity index (χ4v) is 3.57. The van der Waals surface area contributed by atoms with Gasteiger partial charge in [-0.2, -0.15) is 18.3 Å². The van der Waals surface area contributed by atoms with Crippen molar-refractivity contribution in [3.05, 3.63) is 29.6 Å². The second-order valence-corrected chi connectivity index (χ2v) is 6.16. The molecule has 8 heteroatoms. The largest absolute Gasteiger partial charge is 0.419 e. The lowest BCUT2D eigenvalue weighted by atomic mass is 10.1. The van der Waals surface area contributed by atoms with Gasteiger partial charge in [-0.25, -0.2) is 4.98 Å². The van der Waals surface area contributed by atoms with Crippen LogP contribution in [0.25, 0.3) is 11.3 Å². The first-order chi connectivity index (χ1) is 10.8. The lowest BCUT2D eigenvalue weighted by molar-refractivity contribution is -0.137. The SMILES string of the molecule is Nc1ncc(-c2cc([C@H]3[C@@H]4CC(=O)C[C@@H]43)[nH]n2)cc1C(F)(F)F. The number of nitrogens with one attached hydrogen (secondary N) is 1. The zero-order chi connectivity index (χ0) is 16.4. The van der Waals surface area contributed by atoms with Gasteiger partial charge in [0.2, 0.25) is 0 Å². The van der Waals surface area contributed by atoms with E-state index < -0.39 is 17.6 Å². The van der Waals surface area contributed by atoms with Crippen molar-refractivity contribution < 1.29 is 18.0 Å². The molecule has 4 rings (SSSR count). The van der Waals surface area contributed by atoms with Gasteiger partial charge in [0.1, 0.15) is 11.6 Å². The molecular formula is C15H13F3N4O. The number of aromatic amines is 1. The topological polar surface area (TPSA) is 84.7 Å². The number of hydrogen-bond donors (Lipinski definition) is 2. The number of nitrogens with zero attached hydrogens (tertiary/aromatic N) is 2. The minimum Gasteiger partial charge on any atom is -0.383 e. The second kappa shape index (κ2) is 4.56. The van der Waals surface area contributed by atoms with E-state index in [1.165, 1.54) is 6.20 Å². The molecule has 2 aliphatic rings. The van der Waals surface area contributed by atoms with Crippen LogP contribution >= 0.6 is 0 Å². The fourth-order valence-electron chi connectivity index (χ4n) is 3.57. The van der Waals surface area contributed by atoms with Crippen molar-refractivity contribution in [1.29, 1.82) is 0 Å². The smallest absolute Gasteiger partial charge is 0.383 e. The Labute approximate surface area is 129 Å². The maximum Gasteiger partial charge on any atom is 0.419 e. The van der Waals surface area contributed by atoms with Crippen LogP contribution in [0.15, 0.2) is 18.3 Å². The number of pyridine rings is 1. The molecule has 0 spiro atoms. The highest BCUT2D eigenvalue weighted by molar-refractivity contribution is 5.83. The second-order valence-electron chi connectivity index (χ2n) is 6.16. The molecule has 0 bridgehead atoms. The normalized spacial score (nSPS) is 26.4. The Morgan fingerprint density at radius 1 is 1.22 bits per heavy atom. The van der Waals surface area contributed by atoms with Gasteiger partial charge in [0.15, 0.2) is 0 Å². The zero-order valence-electron chi connectivity index (χ0n) is 11.9. The highest BCUT2D eigenvalue weighted by Crippen LogP contribution is 2.61. The van der Waals surface area contributed by atoms with Gasteiger partial charge in [-0.3, -0.25) is 9.89 Å². The quantitative estimate of drug-likeness (QED) is 0.890. The molecule has 0 unspecified atom stereocenters. The molecule has 2 saturated carbocycles. The monoisotopic (exact) mass is 322 g/mol. The van der Waals surface area contributed by atoms with E-state index >= 15 is 0 Å². The number of nitrogen functional groups attached to an aromatic ring is 1. The van der Waals surface area contributed by atoms with Gasteiger partial charge in [-0.15, -0.1) is 0 Å². The molecule has 2 aromatic rings. The van der Waals surface area contributed by atoms with E-state index in [0.29, 0.717) is 30.4 Å². The number of halogens is 3. The van der Waals surface area contributed by atoms with Crippen LogP contribution in [0, 0.1) is 11.8 Å². The Bertz CT molecular complexity index is 784. The van der Waals surface area contributed by atoms with Crippen LogP contribution in [-0.2, 0) is 11.0 Å². The van der Waals surface area contributed by atoms with Gasteiger partial charge in [-0.05, 0) is 24.0 Å². The van der Waals surface area contributed by atoms with Crippen LogP contribution in [0.2, 0.25) is 0 Å². The summed E-state index contributed by atoms with van der Waals surface area (Å²) in [4.78, 5) is 14.9. The number of Topliss-reactive ketones (excluding diaryl/α,β-unsaturated/α-hetero) is 1. The van der Waals surface area contributed by atoms with Gasteiger partial charge in [0.25, 0.3) is 0 Å². The van der Waals surface area contributed by atoms with Crippen LogP contribution in [0.3, 0.4) is 0 Å². The van der Waals surface area contributed by atoms with E-state index in [0.717, 1.165) is 11.8 Å². The van der Waals surface area contributed by atoms with Crippen molar-refractivity contribution >= 4 is 11.6 Å². The van der Waals surface area contributed by atoms with Crippen molar-refractivity contribution in [2.45, 2.75) is 24.9 Å². The summed E-state index contributed by atoms with van der Waals surface area (Å²) in [6.45, 7) is 0. The van der Waals surface area contributed by atoms with Crippen molar-refractivity contribution in [3.63, 3.8) is 0 Å². The summed E-state index contributed by atoms with van der Waals surface area (Å²) in [6.07, 6.45) is -2.10. The van der Waals surface area contributed by atoms with Crippen LogP contribution in [0.1, 0.15) is 30.0 Å². The highest BCUT2D eigenvalue weighted by Gasteiger charge is 2.57. The first kappa shape index (κ1) is 14.2. The van der Waals surface area contributed by atoms with Gasteiger partial charge in [-0.1, -0.05) is 0 Å². The average molecular weight is 322 g/mol. The lowest BCUT2D eigenvalue weighted by Gasteiger charge is -2.09. The molecule has 0 radical (unpaired) electrons. The van der Waals surface area contributed by atoms with E-state index in [9.17, 15) is 18.0 Å². The maximum atomic E-state index is 12.9. The third-order valence-electron chi connectivity index (χ3n) is 4.73. The number of carbonyl (C=O) groups excluding carboxylic acids is 1. The summed E-state index contributed by atoms with van der Waals surface area (Å²) in [5, 5.41) is 6.97. The van der Waals surface area contributed by atoms with E-state index in [2.05, 4.69) is 15.2 Å². The van der Waals surface area contributed by atoms with Gasteiger partial charge in [0.05, 0.1) is 11.3 Å². The number of ketones is 1. The van der Waals surface area contributed by atoms with Crippen LogP contribution < -0.4 is 5.73 Å². The number of carbonyl (C=O) groups is 1. The number of hydrogen-bond acceptors (Lipinski definition) is 4. The number of rotatable bonds is 2. The number of alkyl halides is 3. The molecule has 2 aromatic heterocycles. The Balaban J connectivity index is 1.62. The van der Waals surface area contributed by atoms with E-state index in [4.69, 9.17) is 5.73 Å². The summed E-state index contributed by atoms with van der Waals surface area (Å²) < 4.78 is 38.7. The summed E-state index contributed by atoms with van der Waals surface area (Å²) in [6, 6.07) is 2.69. The molecule has 5 nitrogen and oxygen atoms in total. The number of H-pyrrole nitrogens is 1. The molecule has 0 aromatic carbocycles. The van der Waals surface area contributed by atoms with E-state index in [1.54, 1.807) is 6.07 Å². The Morgan fingerprint density at radius 3 is 2.57 bits per heavy atom. The predicted molar refractivity (Wildman–Crippen MR) is 75.2 cm³/mol. The Kier molecular flexibility index (Phi) is 2.82. The van der Waals surface area contributed by atoms with Crippen LogP contribution in [0.5, 0.6) is 0 Å². The van der Waals surface area contributed by atoms with E-state index in [1.807, 2.05) is 0 Å². The van der Waals surface area contributed by atoms with Crippen molar-refractivity contribution in [1.82, 2.24) is 15.2 Å². The van der Waals surface area contributed by atoms with Gasteiger partial charge in [0, 0.05) is 36.2 Å². The summed E-state index contributed by atoms with van der Waals surface area (Å²) >= 11 is 0. The number of fused-ring (bicyclic) bond motifs is 1. The summed E-state index contributed by atoms with van der Waals surface area (Å²) in [7, 11) is 0. The fraction of sp³-hybridized carbons (Fsp3) is 0.400. The molecule has 2 fully saturated rings. The zero-order valence-corrected chi connectivity index (χ0v) is 11.9. The van der Waals surface area contributed by atoms with Crippen LogP contribution in [0.4, 0.5) is 19.0 Å². The first-order valence-corrected chi connectivity index (χ1v) is 7.24. The molecule has 0 aliphatic heterocycles. The Morgan fingerprint density at radius 2 is 1.91 bits per heavy atom. The number of aromatic nitrogens is 3. The first-order valence-electron chi connectivity index (χ1n) is 7.24. The molecule has 0 saturated heterocycles. The molecule has 2 heterocycles. The molecule has 0 amide bonds. The maximum absolute atomic E-state index is 12.9. The third kappa shape index (κ3) is 2.29. The van der Waals surface area contributed by atoms with Gasteiger partial charge < -0.3 is 5.73 Å². The van der Waals surface area contributed by atoms with Crippen molar-refractivity contribution in [2.24, 2.45) is 11.8 Å². The molecule has 2 aliphatic carbocycles. The standard InChI is InChI=1S/C15H13F3N4O/c16-15(17,18)10-1-6(5-20-14(10)19)11-4-12(22-21-11)13-8-2-7(23)3-9(8)13/h1,4-5,8-9,13H,2-3H2,(H2,19,20)(H,21,22)/t8-,9+,13+. The number of anilines is 1. The minimum absolute atomic E-state index is 0.260. The van der Waals surface area contributed by atoms with Gasteiger partial charge >= 0.3 is 6.18 Å². The molecule has 23 heavy (non-hydrogen) atoms. The minimum atomic E-state index is -4.56.